The molecule has 1 rings (SSSR count). The molecule has 1 aromatic rings. The molecule has 0 aliphatic rings. The van der Waals surface area contributed by atoms with Crippen LogP contribution >= 0.6 is 11.6 Å². The molecular weight excluding hydrogens is 271 g/mol. The van der Waals surface area contributed by atoms with Gasteiger partial charge in [0.1, 0.15) is 12.4 Å². The van der Waals surface area contributed by atoms with Crippen molar-refractivity contribution >= 4 is 11.6 Å². The number of rotatable bonds is 5. The number of hydrogen-bond donors (Lipinski definition) is 2. The number of halogens is 4. The van der Waals surface area contributed by atoms with E-state index in [4.69, 9.17) is 21.4 Å². The fourth-order valence-corrected chi connectivity index (χ4v) is 1.48. The fraction of sp³-hybridized carbons (Fsp3) is 0.455. The van der Waals surface area contributed by atoms with Crippen LogP contribution in [0.2, 0.25) is 5.02 Å². The van der Waals surface area contributed by atoms with E-state index in [1.54, 1.807) is 13.1 Å². The zero-order chi connectivity index (χ0) is 13.8. The largest absolute Gasteiger partial charge is 0.490 e. The first kappa shape index (κ1) is 15.1. The average molecular weight is 284 g/mol. The molecule has 0 aliphatic heterocycles. The number of alkyl halides is 3. The maximum absolute atomic E-state index is 12.1. The lowest BCUT2D eigenvalue weighted by Gasteiger charge is -2.17. The molecule has 7 heteroatoms. The zero-order valence-electron chi connectivity index (χ0n) is 9.59. The Kier molecular flexibility index (Phi) is 5.25. The van der Waals surface area contributed by atoms with Crippen molar-refractivity contribution in [2.45, 2.75) is 18.8 Å². The molecule has 3 nitrogen and oxygen atoms in total. The predicted molar refractivity (Wildman–Crippen MR) is 61.8 cm³/mol. The van der Waals surface area contributed by atoms with Gasteiger partial charge in [0, 0.05) is 17.1 Å². The molecule has 18 heavy (non-hydrogen) atoms. The minimum absolute atomic E-state index is 0.261. The second kappa shape index (κ2) is 6.26. The summed E-state index contributed by atoms with van der Waals surface area (Å²) in [7, 11) is 1.69. The first-order chi connectivity index (χ1) is 8.34. The summed E-state index contributed by atoms with van der Waals surface area (Å²) in [6.45, 7) is -0.445. The third kappa shape index (κ3) is 4.36. The molecule has 0 radical (unpaired) electrons. The summed E-state index contributed by atoms with van der Waals surface area (Å²) in [5.41, 5.74) is 0.624. The van der Waals surface area contributed by atoms with Gasteiger partial charge in [-0.2, -0.15) is 13.2 Å². The van der Waals surface area contributed by atoms with Crippen LogP contribution in [0.4, 0.5) is 13.2 Å². The Balaban J connectivity index is 2.72. The summed E-state index contributed by atoms with van der Waals surface area (Å²) >= 11 is 5.78. The van der Waals surface area contributed by atoms with Gasteiger partial charge in [-0.25, -0.2) is 0 Å². The highest BCUT2D eigenvalue weighted by molar-refractivity contribution is 6.30. The quantitative estimate of drug-likeness (QED) is 0.872. The molecule has 1 atom stereocenters. The van der Waals surface area contributed by atoms with Gasteiger partial charge in [-0.3, -0.25) is 0 Å². The number of benzene rings is 1. The number of aliphatic hydroxyl groups is 1. The van der Waals surface area contributed by atoms with Crippen molar-refractivity contribution < 1.29 is 23.0 Å². The van der Waals surface area contributed by atoms with E-state index in [1.165, 1.54) is 12.1 Å². The van der Waals surface area contributed by atoms with Crippen LogP contribution in [0.15, 0.2) is 18.2 Å². The molecule has 0 bridgehead atoms. The van der Waals surface area contributed by atoms with Crippen LogP contribution in [0.3, 0.4) is 0 Å². The molecule has 0 aromatic heterocycles. The van der Waals surface area contributed by atoms with Crippen molar-refractivity contribution in [3.63, 3.8) is 0 Å². The van der Waals surface area contributed by atoms with Crippen molar-refractivity contribution in [2.75, 3.05) is 13.7 Å². The molecule has 2 N–H and O–H groups in total. The van der Waals surface area contributed by atoms with Crippen LogP contribution in [0, 0.1) is 0 Å². The molecule has 0 spiro atoms. The van der Waals surface area contributed by atoms with Gasteiger partial charge >= 0.3 is 6.18 Å². The Morgan fingerprint density at radius 2 is 2.11 bits per heavy atom. The zero-order valence-corrected chi connectivity index (χ0v) is 10.3. The molecule has 102 valence electrons. The first-order valence-corrected chi connectivity index (χ1v) is 5.53. The van der Waals surface area contributed by atoms with Gasteiger partial charge in [-0.15, -0.1) is 0 Å². The number of nitrogens with one attached hydrogen (secondary N) is 1. The van der Waals surface area contributed by atoms with E-state index in [9.17, 15) is 13.2 Å². The Morgan fingerprint density at radius 1 is 1.44 bits per heavy atom. The van der Waals surface area contributed by atoms with Crippen molar-refractivity contribution in [1.82, 2.24) is 5.32 Å². The van der Waals surface area contributed by atoms with Crippen LogP contribution in [-0.4, -0.2) is 31.0 Å². The van der Waals surface area contributed by atoms with Gasteiger partial charge in [0.2, 0.25) is 0 Å². The summed E-state index contributed by atoms with van der Waals surface area (Å²) in [6.07, 6.45) is -7.19. The maximum atomic E-state index is 12.1. The normalized spacial score (nSPS) is 13.4. The summed E-state index contributed by atoms with van der Waals surface area (Å²) < 4.78 is 41.3. The van der Waals surface area contributed by atoms with Gasteiger partial charge in [0.15, 0.2) is 6.10 Å². The summed E-state index contributed by atoms with van der Waals surface area (Å²) in [5.74, 6) is 0.261. The monoisotopic (exact) mass is 283 g/mol. The Hall–Kier alpha value is -0.980. The van der Waals surface area contributed by atoms with Crippen LogP contribution in [0.25, 0.3) is 0 Å². The van der Waals surface area contributed by atoms with E-state index in [1.807, 2.05) is 0 Å². The summed E-state index contributed by atoms with van der Waals surface area (Å²) in [6, 6.07) is 4.57. The standard InChI is InChI=1S/C11H13ClF3NO2/c1-16-5-7-4-8(12)2-3-9(7)18-6-10(17)11(13,14)15/h2-4,10,16-17H,5-6H2,1H3. The SMILES string of the molecule is CNCc1cc(Cl)ccc1OCC(O)C(F)(F)F. The highest BCUT2D eigenvalue weighted by Crippen LogP contribution is 2.25. The topological polar surface area (TPSA) is 41.5 Å². The maximum Gasteiger partial charge on any atom is 0.417 e. The van der Waals surface area contributed by atoms with Gasteiger partial charge in [-0.1, -0.05) is 11.6 Å². The Labute approximate surface area is 108 Å². The second-order valence-corrected chi connectivity index (χ2v) is 4.09. The van der Waals surface area contributed by atoms with E-state index >= 15 is 0 Å². The molecule has 0 saturated heterocycles. The van der Waals surface area contributed by atoms with Crippen LogP contribution < -0.4 is 10.1 Å². The number of aliphatic hydroxyl groups excluding tert-OH is 1. The van der Waals surface area contributed by atoms with Crippen LogP contribution in [0.1, 0.15) is 5.56 Å². The molecule has 1 aromatic carbocycles. The fourth-order valence-electron chi connectivity index (χ4n) is 1.28. The van der Waals surface area contributed by atoms with E-state index < -0.39 is 18.9 Å². The minimum atomic E-state index is -4.68. The molecular formula is C11H13ClF3NO2. The van der Waals surface area contributed by atoms with Gasteiger partial charge in [0.25, 0.3) is 0 Å². The summed E-state index contributed by atoms with van der Waals surface area (Å²) in [4.78, 5) is 0. The smallest absolute Gasteiger partial charge is 0.417 e. The van der Waals surface area contributed by atoms with Crippen molar-refractivity contribution in [3.8, 4) is 5.75 Å². The highest BCUT2D eigenvalue weighted by atomic mass is 35.5. The third-order valence-electron chi connectivity index (χ3n) is 2.16. The molecule has 0 aliphatic carbocycles. The van der Waals surface area contributed by atoms with E-state index in [0.29, 0.717) is 17.1 Å². The third-order valence-corrected chi connectivity index (χ3v) is 2.40. The molecule has 0 amide bonds. The molecule has 0 saturated carbocycles. The van der Waals surface area contributed by atoms with Crippen molar-refractivity contribution in [2.24, 2.45) is 0 Å². The second-order valence-electron chi connectivity index (χ2n) is 3.65. The van der Waals surface area contributed by atoms with E-state index in [2.05, 4.69) is 5.32 Å². The van der Waals surface area contributed by atoms with Gasteiger partial charge < -0.3 is 15.2 Å². The Morgan fingerprint density at radius 3 is 2.67 bits per heavy atom. The van der Waals surface area contributed by atoms with E-state index in [-0.39, 0.29) is 5.75 Å². The predicted octanol–water partition coefficient (Wildman–Crippen LogP) is 2.36. The summed E-state index contributed by atoms with van der Waals surface area (Å²) in [5, 5.41) is 12.1. The van der Waals surface area contributed by atoms with Crippen molar-refractivity contribution in [1.29, 1.82) is 0 Å². The number of hydrogen-bond acceptors (Lipinski definition) is 3. The van der Waals surface area contributed by atoms with Crippen molar-refractivity contribution in [3.05, 3.63) is 28.8 Å². The average Bonchev–Trinajstić information content (AvgIpc) is 2.26. The lowest BCUT2D eigenvalue weighted by Crippen LogP contribution is -2.34. The van der Waals surface area contributed by atoms with Gasteiger partial charge in [-0.05, 0) is 25.2 Å². The molecule has 0 fully saturated rings. The molecule has 0 heterocycles. The lowest BCUT2D eigenvalue weighted by atomic mass is 10.2. The van der Waals surface area contributed by atoms with Crippen LogP contribution in [-0.2, 0) is 6.54 Å². The number of ether oxygens (including phenoxy) is 1. The molecule has 1 unspecified atom stereocenters. The highest BCUT2D eigenvalue weighted by Gasteiger charge is 2.38. The van der Waals surface area contributed by atoms with E-state index in [0.717, 1.165) is 0 Å². The van der Waals surface area contributed by atoms with Crippen LogP contribution in [0.5, 0.6) is 5.75 Å². The van der Waals surface area contributed by atoms with Gasteiger partial charge in [0.05, 0.1) is 0 Å². The minimum Gasteiger partial charge on any atom is -0.490 e. The lowest BCUT2D eigenvalue weighted by molar-refractivity contribution is -0.210. The Bertz CT molecular complexity index is 398. The first-order valence-electron chi connectivity index (χ1n) is 5.15.